The molecule has 0 amide bonds. The molecule has 3 aliphatic rings. The van der Waals surface area contributed by atoms with Crippen LogP contribution in [0.2, 0.25) is 36.3 Å². The van der Waals surface area contributed by atoms with E-state index in [-0.39, 0.29) is 40.2 Å². The molecule has 3 fully saturated rings. The maximum atomic E-state index is 16.7. The van der Waals surface area contributed by atoms with Crippen LogP contribution in [0, 0.1) is 17.3 Å². The minimum Gasteiger partial charge on any atom is -0.435 e. The Morgan fingerprint density at radius 2 is 1.48 bits per heavy atom. The van der Waals surface area contributed by atoms with E-state index in [1.807, 2.05) is 0 Å². The zero-order chi connectivity index (χ0) is 38.1. The van der Waals surface area contributed by atoms with Gasteiger partial charge in [-0.25, -0.2) is 9.18 Å². The SMILES string of the molecule is CCOC(=O)OC(C)(C)C(O)/C=C/[C@](C)(F)[C@H]1CC[C@H]2/C(=C/C=C3C[C@@H](O[Si](C)(C)C(C)(C)C)C[C@H](O[Si](C)(C)C(C)(C)C)C3)CCC[C@@]21C. The third kappa shape index (κ3) is 10.2. The van der Waals surface area contributed by atoms with Gasteiger partial charge in [-0.05, 0) is 133 Å². The summed E-state index contributed by atoms with van der Waals surface area (Å²) < 4.78 is 41.0. The quantitative estimate of drug-likeness (QED) is 0.129. The molecule has 0 spiro atoms. The highest BCUT2D eigenvalue weighted by atomic mass is 28.4. The van der Waals surface area contributed by atoms with Crippen LogP contribution in [-0.2, 0) is 18.3 Å². The number of allylic oxidation sites excluding steroid dienone is 4. The summed E-state index contributed by atoms with van der Waals surface area (Å²) in [6.45, 7) is 32.2. The van der Waals surface area contributed by atoms with Crippen LogP contribution in [0.4, 0.5) is 9.18 Å². The molecule has 3 rings (SSSR count). The van der Waals surface area contributed by atoms with E-state index in [4.69, 9.17) is 18.3 Å². The van der Waals surface area contributed by atoms with Gasteiger partial charge in [0.05, 0.1) is 18.8 Å². The fraction of sp³-hybridized carbons (Fsp3) is 0.829. The van der Waals surface area contributed by atoms with Crippen LogP contribution >= 0.6 is 0 Å². The first-order valence-corrected chi connectivity index (χ1v) is 25.1. The van der Waals surface area contributed by atoms with Crippen molar-refractivity contribution in [1.29, 1.82) is 0 Å². The number of fused-ring (bicyclic) bond motifs is 1. The largest absolute Gasteiger partial charge is 0.508 e. The molecule has 3 saturated carbocycles. The molecule has 6 nitrogen and oxygen atoms in total. The first kappa shape index (κ1) is 43.1. The van der Waals surface area contributed by atoms with Crippen molar-refractivity contribution in [3.8, 4) is 0 Å². The monoisotopic (exact) mass is 736 g/mol. The van der Waals surface area contributed by atoms with Crippen molar-refractivity contribution in [2.45, 2.75) is 193 Å². The molecule has 0 aromatic carbocycles. The molecular weight excluding hydrogens is 664 g/mol. The summed E-state index contributed by atoms with van der Waals surface area (Å²) >= 11 is 0. The van der Waals surface area contributed by atoms with Gasteiger partial charge in [-0.3, -0.25) is 0 Å². The Labute approximate surface area is 307 Å². The van der Waals surface area contributed by atoms with Gasteiger partial charge in [0, 0.05) is 5.92 Å². The Hall–Kier alpha value is -1.27. The van der Waals surface area contributed by atoms with Crippen LogP contribution in [0.25, 0.3) is 0 Å². The number of ether oxygens (including phenoxy) is 2. The van der Waals surface area contributed by atoms with Crippen molar-refractivity contribution >= 4 is 22.8 Å². The van der Waals surface area contributed by atoms with Gasteiger partial charge in [0.25, 0.3) is 0 Å². The van der Waals surface area contributed by atoms with E-state index >= 15 is 4.39 Å². The smallest absolute Gasteiger partial charge is 0.435 e. The Bertz CT molecular complexity index is 1230. The molecule has 288 valence electrons. The number of rotatable bonds is 11. The first-order chi connectivity index (χ1) is 22.6. The van der Waals surface area contributed by atoms with Crippen molar-refractivity contribution < 1.29 is 32.6 Å². The maximum absolute atomic E-state index is 16.7. The van der Waals surface area contributed by atoms with Crippen LogP contribution < -0.4 is 0 Å². The number of halogens is 1. The summed E-state index contributed by atoms with van der Waals surface area (Å²) in [6, 6.07) is 0. The van der Waals surface area contributed by atoms with Crippen LogP contribution in [0.5, 0.6) is 0 Å². The van der Waals surface area contributed by atoms with Crippen LogP contribution in [0.3, 0.4) is 0 Å². The number of carbonyl (C=O) groups is 1. The number of hydrogen-bond acceptors (Lipinski definition) is 6. The fourth-order valence-electron chi connectivity index (χ4n) is 8.07. The van der Waals surface area contributed by atoms with Crippen molar-refractivity contribution in [2.24, 2.45) is 17.3 Å². The summed E-state index contributed by atoms with van der Waals surface area (Å²) in [4.78, 5) is 11.9. The van der Waals surface area contributed by atoms with Gasteiger partial charge < -0.3 is 23.4 Å². The average molecular weight is 737 g/mol. The number of alkyl halides is 1. The van der Waals surface area contributed by atoms with Gasteiger partial charge in [0.15, 0.2) is 16.6 Å². The van der Waals surface area contributed by atoms with Gasteiger partial charge >= 0.3 is 6.16 Å². The van der Waals surface area contributed by atoms with Crippen molar-refractivity contribution in [3.63, 3.8) is 0 Å². The van der Waals surface area contributed by atoms with Gasteiger partial charge in [0.1, 0.15) is 17.4 Å². The minimum atomic E-state index is -1.96. The zero-order valence-corrected chi connectivity index (χ0v) is 36.4. The lowest BCUT2D eigenvalue weighted by Gasteiger charge is -2.46. The number of carbonyl (C=O) groups excluding carboxylic acids is 1. The second-order valence-corrected chi connectivity index (χ2v) is 29.1. The molecule has 0 radical (unpaired) electrons. The third-order valence-corrected chi connectivity index (χ3v) is 22.2. The van der Waals surface area contributed by atoms with Gasteiger partial charge in [-0.15, -0.1) is 0 Å². The summed E-state index contributed by atoms with van der Waals surface area (Å²) in [6.07, 6.45) is 13.6. The molecule has 0 aromatic heterocycles. The molecule has 1 unspecified atom stereocenters. The molecule has 0 bridgehead atoms. The third-order valence-electron chi connectivity index (χ3n) is 13.1. The second kappa shape index (κ2) is 15.6. The highest BCUT2D eigenvalue weighted by Gasteiger charge is 2.55. The van der Waals surface area contributed by atoms with E-state index in [1.54, 1.807) is 27.7 Å². The second-order valence-electron chi connectivity index (χ2n) is 19.6. The average Bonchev–Trinajstić information content (AvgIpc) is 3.31. The van der Waals surface area contributed by atoms with Gasteiger partial charge in [-0.1, -0.05) is 77.8 Å². The van der Waals surface area contributed by atoms with Crippen LogP contribution in [-0.4, -0.2) is 64.1 Å². The van der Waals surface area contributed by atoms with Crippen LogP contribution in [0.15, 0.2) is 35.5 Å². The fourth-order valence-corrected chi connectivity index (χ4v) is 10.8. The molecule has 0 saturated heterocycles. The van der Waals surface area contributed by atoms with Gasteiger partial charge in [-0.2, -0.15) is 0 Å². The highest BCUT2D eigenvalue weighted by molar-refractivity contribution is 6.74. The number of aliphatic hydroxyl groups excluding tert-OH is 1. The highest BCUT2D eigenvalue weighted by Crippen LogP contribution is 2.61. The van der Waals surface area contributed by atoms with E-state index in [0.29, 0.717) is 5.92 Å². The normalized spacial score (nSPS) is 29.9. The maximum Gasteiger partial charge on any atom is 0.508 e. The minimum absolute atomic E-state index is 0.141. The van der Waals surface area contributed by atoms with E-state index < -0.39 is 40.2 Å². The summed E-state index contributed by atoms with van der Waals surface area (Å²) in [5, 5.41) is 11.1. The molecule has 50 heavy (non-hydrogen) atoms. The standard InChI is InChI=1S/C41H73FO6Si2/c1-16-45-36(44)46-39(8,9)35(43)23-25-41(11,42)34-22-21-33-30(18-17-24-40(33,34)10)20-19-29-26-31(47-49(12,13)37(2,3)4)28-32(27-29)48-50(14,15)38(5,6)7/h19-20,23,25,31-35,43H,16-18,21-22,24,26-28H2,1-15H3/b25-23+,30-20+/t31-,32-,33+,34+,35?,40+,41+/m1/s1. The van der Waals surface area contributed by atoms with E-state index in [2.05, 4.69) is 86.8 Å². The summed E-state index contributed by atoms with van der Waals surface area (Å²) in [5.74, 6) is 0.130. The molecule has 1 N–H and O–H groups in total. The topological polar surface area (TPSA) is 74.2 Å². The lowest BCUT2D eigenvalue weighted by Crippen LogP contribution is -2.48. The lowest BCUT2D eigenvalue weighted by molar-refractivity contribution is -0.0661. The molecule has 9 heteroatoms. The molecule has 3 aliphatic carbocycles. The first-order valence-electron chi connectivity index (χ1n) is 19.3. The molecule has 0 aliphatic heterocycles. The number of hydrogen-bond donors (Lipinski definition) is 1. The Morgan fingerprint density at radius 1 is 0.940 bits per heavy atom. The number of aliphatic hydroxyl groups is 1. The summed E-state index contributed by atoms with van der Waals surface area (Å²) in [7, 11) is -3.92. The van der Waals surface area contributed by atoms with Crippen molar-refractivity contribution in [3.05, 3.63) is 35.5 Å². The predicted molar refractivity (Wildman–Crippen MR) is 209 cm³/mol. The predicted octanol–water partition coefficient (Wildman–Crippen LogP) is 11.6. The van der Waals surface area contributed by atoms with Crippen LogP contribution in [0.1, 0.15) is 128 Å². The Balaban J connectivity index is 1.84. The van der Waals surface area contributed by atoms with Crippen molar-refractivity contribution in [1.82, 2.24) is 0 Å². The summed E-state index contributed by atoms with van der Waals surface area (Å²) in [5.41, 5.74) is -0.230. The van der Waals surface area contributed by atoms with E-state index in [1.165, 1.54) is 23.3 Å². The van der Waals surface area contributed by atoms with Gasteiger partial charge in [0.2, 0.25) is 0 Å². The zero-order valence-electron chi connectivity index (χ0n) is 34.4. The molecule has 7 atom stereocenters. The van der Waals surface area contributed by atoms with E-state index in [9.17, 15) is 9.90 Å². The lowest BCUT2D eigenvalue weighted by atomic mass is 9.60. The van der Waals surface area contributed by atoms with Crippen molar-refractivity contribution in [2.75, 3.05) is 6.61 Å². The molecule has 0 aromatic rings. The Kier molecular flexibility index (Phi) is 13.5. The Morgan fingerprint density at radius 3 is 1.98 bits per heavy atom. The molecule has 0 heterocycles. The van der Waals surface area contributed by atoms with E-state index in [0.717, 1.165) is 51.4 Å². The molecular formula is C41H73FO6Si2.